The quantitative estimate of drug-likeness (QED) is 0.579. The van der Waals surface area contributed by atoms with Crippen LogP contribution in [0, 0.1) is 6.92 Å². The van der Waals surface area contributed by atoms with Crippen LogP contribution in [-0.2, 0) is 10.8 Å². The first-order chi connectivity index (χ1) is 12.1. The van der Waals surface area contributed by atoms with Gasteiger partial charge in [-0.3, -0.25) is 4.21 Å². The Balaban J connectivity index is 1.90. The fourth-order valence-corrected chi connectivity index (χ4v) is 4.25. The largest absolute Gasteiger partial charge is 0.376 e. The molecule has 0 spiro atoms. The normalized spacial score (nSPS) is 14.5. The molecule has 0 aliphatic carbocycles. The number of rotatable bonds is 6. The zero-order valence-electron chi connectivity index (χ0n) is 13.9. The van der Waals surface area contributed by atoms with Crippen LogP contribution in [0.5, 0.6) is 0 Å². The lowest BCUT2D eigenvalue weighted by Gasteiger charge is -2.25. The van der Waals surface area contributed by atoms with Crippen molar-refractivity contribution >= 4 is 28.1 Å². The third kappa shape index (κ3) is 4.50. The Kier molecular flexibility index (Phi) is 5.90. The van der Waals surface area contributed by atoms with E-state index < -0.39 is 15.5 Å². The van der Waals surface area contributed by atoms with Crippen molar-refractivity contribution in [3.05, 3.63) is 96.1 Å². The van der Waals surface area contributed by atoms with Gasteiger partial charge in [0, 0.05) is 10.6 Å². The molecule has 3 atom stereocenters. The van der Waals surface area contributed by atoms with Crippen LogP contribution in [-0.4, -0.2) is 8.92 Å². The minimum absolute atomic E-state index is 0.271. The van der Waals surface area contributed by atoms with E-state index in [4.69, 9.17) is 11.6 Å². The molecule has 0 fully saturated rings. The molecule has 0 bridgehead atoms. The highest BCUT2D eigenvalue weighted by Gasteiger charge is 2.27. The van der Waals surface area contributed by atoms with E-state index in [0.29, 0.717) is 0 Å². The molecule has 0 aliphatic heterocycles. The minimum atomic E-state index is -1.34. The third-order valence-electron chi connectivity index (χ3n) is 3.97. The van der Waals surface area contributed by atoms with E-state index in [2.05, 4.69) is 5.32 Å². The summed E-state index contributed by atoms with van der Waals surface area (Å²) < 4.78 is 12.4. The van der Waals surface area contributed by atoms with Gasteiger partial charge in [-0.2, -0.15) is 0 Å². The number of halogens is 1. The van der Waals surface area contributed by atoms with E-state index in [1.807, 2.05) is 91.9 Å². The topological polar surface area (TPSA) is 29.1 Å². The van der Waals surface area contributed by atoms with Crippen LogP contribution in [0.25, 0.3) is 0 Å². The van der Waals surface area contributed by atoms with Crippen molar-refractivity contribution < 1.29 is 4.21 Å². The Labute approximate surface area is 156 Å². The lowest BCUT2D eigenvalue weighted by molar-refractivity contribution is 0.673. The van der Waals surface area contributed by atoms with Crippen LogP contribution in [0.15, 0.2) is 89.8 Å². The average Bonchev–Trinajstić information content (AvgIpc) is 2.67. The Bertz CT molecular complexity index is 822. The van der Waals surface area contributed by atoms with Crippen LogP contribution < -0.4 is 5.32 Å². The Morgan fingerprint density at radius 2 is 1.40 bits per heavy atom. The molecule has 0 saturated carbocycles. The van der Waals surface area contributed by atoms with Crippen LogP contribution in [0.2, 0.25) is 0 Å². The zero-order chi connectivity index (χ0) is 17.6. The van der Waals surface area contributed by atoms with Gasteiger partial charge in [-0.05, 0) is 36.8 Å². The summed E-state index contributed by atoms with van der Waals surface area (Å²) in [6.45, 7) is 2.01. The van der Waals surface area contributed by atoms with Gasteiger partial charge in [0.2, 0.25) is 0 Å². The third-order valence-corrected chi connectivity index (χ3v) is 6.13. The lowest BCUT2D eigenvalue weighted by atomic mass is 10.1. The molecule has 3 aromatic carbocycles. The molecule has 0 heterocycles. The number of alkyl halides is 1. The van der Waals surface area contributed by atoms with Gasteiger partial charge >= 0.3 is 0 Å². The molecule has 2 nitrogen and oxygen atoms in total. The molecule has 128 valence electrons. The van der Waals surface area contributed by atoms with E-state index in [9.17, 15) is 4.21 Å². The van der Waals surface area contributed by atoms with E-state index in [0.717, 1.165) is 21.7 Å². The summed E-state index contributed by atoms with van der Waals surface area (Å²) >= 11 is 6.69. The highest BCUT2D eigenvalue weighted by molar-refractivity contribution is 7.87. The van der Waals surface area contributed by atoms with E-state index in [1.165, 1.54) is 0 Å². The molecule has 0 saturated heterocycles. The Morgan fingerprint density at radius 3 is 2.00 bits per heavy atom. The van der Waals surface area contributed by atoms with Gasteiger partial charge in [-0.15, -0.1) is 11.6 Å². The number of hydrogen-bond donors (Lipinski definition) is 1. The summed E-state index contributed by atoms with van der Waals surface area (Å²) in [5.74, 6) is 0. The van der Waals surface area contributed by atoms with Gasteiger partial charge in [0.15, 0.2) is 0 Å². The second-order valence-corrected chi connectivity index (χ2v) is 8.16. The molecule has 0 aliphatic rings. The van der Waals surface area contributed by atoms with E-state index >= 15 is 0 Å². The molecular weight excluding hydrogens is 350 g/mol. The first kappa shape index (κ1) is 17.7. The smallest absolute Gasteiger partial charge is 0.137 e. The van der Waals surface area contributed by atoms with Crippen molar-refractivity contribution in [3.63, 3.8) is 0 Å². The lowest BCUT2D eigenvalue weighted by Crippen LogP contribution is -2.25. The SMILES string of the molecule is Cc1ccc([S@@](=O)[C@H](Cl)[C@H](Nc2ccccc2)c2ccccc2)cc1. The summed E-state index contributed by atoms with van der Waals surface area (Å²) in [5, 5.41) is 3.43. The highest BCUT2D eigenvalue weighted by Crippen LogP contribution is 2.30. The fraction of sp³-hybridized carbons (Fsp3) is 0.143. The Hall–Kier alpha value is -2.10. The van der Waals surface area contributed by atoms with Gasteiger partial charge in [0.05, 0.1) is 16.8 Å². The van der Waals surface area contributed by atoms with Crippen molar-refractivity contribution in [2.75, 3.05) is 5.32 Å². The van der Waals surface area contributed by atoms with E-state index in [-0.39, 0.29) is 6.04 Å². The van der Waals surface area contributed by atoms with Crippen molar-refractivity contribution in [2.24, 2.45) is 0 Å². The molecule has 0 amide bonds. The molecule has 0 radical (unpaired) electrons. The van der Waals surface area contributed by atoms with Crippen LogP contribution in [0.4, 0.5) is 5.69 Å². The van der Waals surface area contributed by atoms with Crippen LogP contribution >= 0.6 is 11.6 Å². The second-order valence-electron chi connectivity index (χ2n) is 5.86. The van der Waals surface area contributed by atoms with Gasteiger partial charge in [0.1, 0.15) is 4.71 Å². The monoisotopic (exact) mass is 369 g/mol. The summed E-state index contributed by atoms with van der Waals surface area (Å²) in [6.07, 6.45) is 0. The molecule has 0 unspecified atom stereocenters. The Morgan fingerprint density at radius 1 is 0.840 bits per heavy atom. The van der Waals surface area contributed by atoms with Gasteiger partial charge in [0.25, 0.3) is 0 Å². The first-order valence-electron chi connectivity index (χ1n) is 8.13. The van der Waals surface area contributed by atoms with Crippen molar-refractivity contribution in [3.8, 4) is 0 Å². The summed E-state index contributed by atoms with van der Waals surface area (Å²) in [6, 6.07) is 27.2. The molecule has 3 rings (SSSR count). The van der Waals surface area contributed by atoms with Crippen LogP contribution in [0.1, 0.15) is 17.2 Å². The summed E-state index contributed by atoms with van der Waals surface area (Å²) in [7, 11) is -1.34. The summed E-state index contributed by atoms with van der Waals surface area (Å²) in [5.41, 5.74) is 3.09. The number of hydrogen-bond acceptors (Lipinski definition) is 2. The molecular formula is C21H20ClNOS. The van der Waals surface area contributed by atoms with Crippen molar-refractivity contribution in [1.82, 2.24) is 0 Å². The molecule has 0 aromatic heterocycles. The number of anilines is 1. The number of para-hydroxylation sites is 1. The number of benzene rings is 3. The van der Waals surface area contributed by atoms with E-state index in [1.54, 1.807) is 0 Å². The summed E-state index contributed by atoms with van der Waals surface area (Å²) in [4.78, 5) is 0.737. The van der Waals surface area contributed by atoms with Gasteiger partial charge in [-0.1, -0.05) is 66.2 Å². The average molecular weight is 370 g/mol. The number of aryl methyl sites for hydroxylation is 1. The minimum Gasteiger partial charge on any atom is -0.376 e. The highest BCUT2D eigenvalue weighted by atomic mass is 35.5. The molecule has 3 aromatic rings. The van der Waals surface area contributed by atoms with Crippen molar-refractivity contribution in [1.29, 1.82) is 0 Å². The molecule has 1 N–H and O–H groups in total. The molecule has 25 heavy (non-hydrogen) atoms. The van der Waals surface area contributed by atoms with Crippen LogP contribution in [0.3, 0.4) is 0 Å². The standard InChI is InChI=1S/C21H20ClNOS/c1-16-12-14-19(15-13-16)25(24)21(22)20(17-8-4-2-5-9-17)23-18-10-6-3-7-11-18/h2-15,20-21,23H,1H3/t20-,21+,25-/m1/s1. The fourth-order valence-electron chi connectivity index (χ4n) is 2.60. The zero-order valence-corrected chi connectivity index (χ0v) is 15.5. The van der Waals surface area contributed by atoms with Gasteiger partial charge in [-0.25, -0.2) is 0 Å². The predicted molar refractivity (Wildman–Crippen MR) is 106 cm³/mol. The second kappa shape index (κ2) is 8.32. The maximum atomic E-state index is 13.0. The molecule has 4 heteroatoms. The number of nitrogens with one attached hydrogen (secondary N) is 1. The predicted octanol–water partition coefficient (Wildman–Crippen LogP) is 5.52. The first-order valence-corrected chi connectivity index (χ1v) is 9.78. The van der Waals surface area contributed by atoms with Crippen molar-refractivity contribution in [2.45, 2.75) is 22.6 Å². The maximum Gasteiger partial charge on any atom is 0.137 e. The van der Waals surface area contributed by atoms with Gasteiger partial charge < -0.3 is 5.32 Å². The maximum absolute atomic E-state index is 13.0.